The van der Waals surface area contributed by atoms with Crippen LogP contribution in [-0.2, 0) is 19.2 Å². The third-order valence-electron chi connectivity index (χ3n) is 1.86. The average molecular weight is 302 g/mol. The maximum atomic E-state index is 10.6. The minimum atomic E-state index is -1.50. The van der Waals surface area contributed by atoms with Crippen molar-refractivity contribution in [3.05, 3.63) is 72.9 Å². The van der Waals surface area contributed by atoms with Crippen LogP contribution in [0.4, 0.5) is 0 Å². The largest absolute Gasteiger partial charge is 0.475 e. The predicted octanol–water partition coefficient (Wildman–Crippen LogP) is 1.85. The fourth-order valence-corrected chi connectivity index (χ4v) is 0.929. The van der Waals surface area contributed by atoms with Crippen molar-refractivity contribution in [1.29, 1.82) is 0 Å². The van der Waals surface area contributed by atoms with E-state index in [0.717, 1.165) is 11.8 Å². The molecule has 6 heteroatoms. The van der Waals surface area contributed by atoms with E-state index in [-0.39, 0.29) is 11.7 Å². The third-order valence-corrected chi connectivity index (χ3v) is 1.86. The van der Waals surface area contributed by atoms with Crippen LogP contribution < -0.4 is 0 Å². The molecule has 6 nitrogen and oxygen atoms in total. The zero-order chi connectivity index (χ0) is 17.4. The van der Waals surface area contributed by atoms with Crippen LogP contribution in [0.5, 0.6) is 0 Å². The monoisotopic (exact) mass is 302 g/mol. The average Bonchev–Trinajstić information content (AvgIpc) is 2.53. The first-order valence-electron chi connectivity index (χ1n) is 5.69. The van der Waals surface area contributed by atoms with E-state index in [1.54, 1.807) is 12.1 Å². The van der Waals surface area contributed by atoms with Crippen molar-refractivity contribution in [3.8, 4) is 0 Å². The number of ketones is 1. The van der Waals surface area contributed by atoms with Crippen LogP contribution in [0.25, 0.3) is 0 Å². The molecule has 0 aliphatic carbocycles. The number of benzene rings is 1. The van der Waals surface area contributed by atoms with Gasteiger partial charge in [-0.05, 0) is 0 Å². The number of aliphatic carboxylic acids is 1. The van der Waals surface area contributed by atoms with Gasteiger partial charge < -0.3 is 5.11 Å². The Labute approximate surface area is 127 Å². The number of carboxylic acids is 1. The normalized spacial score (nSPS) is 8.18. The van der Waals surface area contributed by atoms with Gasteiger partial charge in [-0.1, -0.05) is 61.7 Å². The van der Waals surface area contributed by atoms with E-state index in [4.69, 9.17) is 14.7 Å². The van der Waals surface area contributed by atoms with E-state index in [9.17, 15) is 14.4 Å². The number of Topliss-reactive ketones (excluding diaryl/α,β-unsaturated/α-hetero) is 1. The summed E-state index contributed by atoms with van der Waals surface area (Å²) in [4.78, 5) is 46.9. The lowest BCUT2D eigenvalue weighted by Crippen LogP contribution is -2.12. The molecule has 0 saturated carbocycles. The van der Waals surface area contributed by atoms with Gasteiger partial charge in [0.05, 0.1) is 0 Å². The summed E-state index contributed by atoms with van der Waals surface area (Å²) < 4.78 is 0. The topological polar surface area (TPSA) is 106 Å². The zero-order valence-electron chi connectivity index (χ0n) is 11.6. The predicted molar refractivity (Wildman–Crippen MR) is 78.0 cm³/mol. The van der Waals surface area contributed by atoms with Gasteiger partial charge in [0.25, 0.3) is 5.78 Å². The maximum absolute atomic E-state index is 10.6. The fraction of sp³-hybridized carbons (Fsp3) is 0. The quantitative estimate of drug-likeness (QED) is 0.385. The molecule has 0 aromatic heterocycles. The van der Waals surface area contributed by atoms with E-state index < -0.39 is 11.8 Å². The molecule has 0 heterocycles. The Morgan fingerprint density at radius 3 is 1.95 bits per heavy atom. The minimum absolute atomic E-state index is 0.0580. The molecule has 0 radical (unpaired) electrons. The molecule has 0 atom stereocenters. The first-order valence-corrected chi connectivity index (χ1v) is 5.69. The number of aldehydes is 1. The summed E-state index contributed by atoms with van der Waals surface area (Å²) >= 11 is 0. The molecule has 0 amide bonds. The van der Waals surface area contributed by atoms with Gasteiger partial charge in [0, 0.05) is 11.1 Å². The van der Waals surface area contributed by atoms with Crippen LogP contribution >= 0.6 is 0 Å². The SMILES string of the molecule is C=CC=CC(=C)C(=O)C(=O)O.O=C=O.O=Cc1ccccc1. The lowest BCUT2D eigenvalue weighted by atomic mass is 10.2. The lowest BCUT2D eigenvalue weighted by molar-refractivity contribution is -0.191. The lowest BCUT2D eigenvalue weighted by Gasteiger charge is -1.89. The summed E-state index contributed by atoms with van der Waals surface area (Å²) in [5.41, 5.74) is 0.671. The fourth-order valence-electron chi connectivity index (χ4n) is 0.929. The molecule has 0 aliphatic heterocycles. The highest BCUT2D eigenvalue weighted by Crippen LogP contribution is 1.95. The summed E-state index contributed by atoms with van der Waals surface area (Å²) in [5, 5.41) is 8.18. The summed E-state index contributed by atoms with van der Waals surface area (Å²) in [7, 11) is 0. The van der Waals surface area contributed by atoms with Crippen molar-refractivity contribution < 1.29 is 29.1 Å². The molecule has 0 bridgehead atoms. The zero-order valence-corrected chi connectivity index (χ0v) is 11.6. The van der Waals surface area contributed by atoms with Gasteiger partial charge in [0.1, 0.15) is 6.29 Å². The Morgan fingerprint density at radius 1 is 1.14 bits per heavy atom. The van der Waals surface area contributed by atoms with Crippen molar-refractivity contribution in [2.45, 2.75) is 0 Å². The highest BCUT2D eigenvalue weighted by atomic mass is 16.4. The van der Waals surface area contributed by atoms with Gasteiger partial charge in [0.2, 0.25) is 0 Å². The van der Waals surface area contributed by atoms with Crippen LogP contribution in [0.2, 0.25) is 0 Å². The standard InChI is InChI=1S/C8H8O3.C7H6O.CO2/c1-3-4-5-6(2)7(9)8(10)11;8-6-7-4-2-1-3-5-7;2-1-3/h3-5H,1-2H2,(H,10,11);1-6H;. The van der Waals surface area contributed by atoms with E-state index in [1.165, 1.54) is 18.2 Å². The Morgan fingerprint density at radius 2 is 1.64 bits per heavy atom. The molecule has 114 valence electrons. The molecular formula is C16H14O6. The van der Waals surface area contributed by atoms with Gasteiger partial charge in [-0.25, -0.2) is 4.79 Å². The van der Waals surface area contributed by atoms with E-state index in [1.807, 2.05) is 18.2 Å². The molecule has 1 rings (SSSR count). The van der Waals surface area contributed by atoms with Crippen LogP contribution in [0, 0.1) is 0 Å². The number of carbonyl (C=O) groups is 3. The van der Waals surface area contributed by atoms with Gasteiger partial charge in [0.15, 0.2) is 0 Å². The van der Waals surface area contributed by atoms with Gasteiger partial charge >= 0.3 is 12.1 Å². The number of carbonyl (C=O) groups excluding carboxylic acids is 4. The van der Waals surface area contributed by atoms with Gasteiger partial charge in [-0.3, -0.25) is 9.59 Å². The van der Waals surface area contributed by atoms with Crippen molar-refractivity contribution >= 4 is 24.2 Å². The Hall–Kier alpha value is -3.37. The highest BCUT2D eigenvalue weighted by molar-refractivity contribution is 6.40. The number of hydrogen-bond donors (Lipinski definition) is 1. The summed E-state index contributed by atoms with van der Waals surface area (Å²) in [6.07, 6.45) is 5.26. The third kappa shape index (κ3) is 11.7. The van der Waals surface area contributed by atoms with Gasteiger partial charge in [-0.15, -0.1) is 0 Å². The van der Waals surface area contributed by atoms with E-state index >= 15 is 0 Å². The molecule has 22 heavy (non-hydrogen) atoms. The molecule has 0 spiro atoms. The molecule has 0 unspecified atom stereocenters. The summed E-state index contributed by atoms with van der Waals surface area (Å²) in [5.74, 6) is -2.49. The van der Waals surface area contributed by atoms with Crippen LogP contribution in [0.3, 0.4) is 0 Å². The smallest absolute Gasteiger partial charge is 0.377 e. The molecule has 1 N–H and O–H groups in total. The summed E-state index contributed by atoms with van der Waals surface area (Å²) in [6, 6.07) is 9.10. The van der Waals surface area contributed by atoms with Crippen molar-refractivity contribution in [2.75, 3.05) is 0 Å². The Kier molecular flexibility index (Phi) is 13.4. The molecule has 0 aliphatic rings. The highest BCUT2D eigenvalue weighted by Gasteiger charge is 2.12. The minimum Gasteiger partial charge on any atom is -0.475 e. The Balaban J connectivity index is 0. The number of allylic oxidation sites excluding steroid dienone is 3. The van der Waals surface area contributed by atoms with Crippen LogP contribution in [0.15, 0.2) is 67.3 Å². The van der Waals surface area contributed by atoms with Crippen molar-refractivity contribution in [1.82, 2.24) is 0 Å². The second-order valence-electron chi connectivity index (χ2n) is 3.37. The molecule has 1 aromatic rings. The second-order valence-corrected chi connectivity index (χ2v) is 3.37. The number of carboxylic acid groups (broad SMARTS) is 1. The molecule has 1 aromatic carbocycles. The Bertz CT molecular complexity index is 578. The molecule has 0 saturated heterocycles. The summed E-state index contributed by atoms with van der Waals surface area (Å²) in [6.45, 7) is 6.60. The number of hydrogen-bond acceptors (Lipinski definition) is 5. The van der Waals surface area contributed by atoms with Crippen molar-refractivity contribution in [2.24, 2.45) is 0 Å². The second kappa shape index (κ2) is 14.0. The van der Waals surface area contributed by atoms with E-state index in [0.29, 0.717) is 0 Å². The first kappa shape index (κ1) is 20.9. The molecular weight excluding hydrogens is 288 g/mol. The first-order chi connectivity index (χ1) is 10.4. The maximum Gasteiger partial charge on any atom is 0.377 e. The van der Waals surface area contributed by atoms with Crippen molar-refractivity contribution in [3.63, 3.8) is 0 Å². The van der Waals surface area contributed by atoms with Gasteiger partial charge in [-0.2, -0.15) is 9.59 Å². The number of rotatable bonds is 5. The van der Waals surface area contributed by atoms with Crippen LogP contribution in [0.1, 0.15) is 10.4 Å². The van der Waals surface area contributed by atoms with E-state index in [2.05, 4.69) is 13.2 Å². The molecule has 0 fully saturated rings. The van der Waals surface area contributed by atoms with Crippen LogP contribution in [-0.4, -0.2) is 29.3 Å².